The molecular formula is C17H34N2O. The van der Waals surface area contributed by atoms with Gasteiger partial charge in [-0.3, -0.25) is 4.90 Å². The maximum Gasteiger partial charge on any atom is 0.0594 e. The van der Waals surface area contributed by atoms with E-state index >= 15 is 0 Å². The molecule has 3 nitrogen and oxygen atoms in total. The quantitative estimate of drug-likeness (QED) is 0.777. The highest BCUT2D eigenvalue weighted by molar-refractivity contribution is 4.78. The van der Waals surface area contributed by atoms with E-state index in [1.807, 2.05) is 0 Å². The van der Waals surface area contributed by atoms with Crippen molar-refractivity contribution in [3.63, 3.8) is 0 Å². The summed E-state index contributed by atoms with van der Waals surface area (Å²) in [6.45, 7) is 11.1. The molecule has 0 aromatic heterocycles. The number of hydrogen-bond acceptors (Lipinski definition) is 3. The molecule has 1 N–H and O–H groups in total. The molecule has 0 amide bonds. The van der Waals surface area contributed by atoms with Crippen molar-refractivity contribution in [1.29, 1.82) is 0 Å². The van der Waals surface area contributed by atoms with Crippen molar-refractivity contribution in [3.05, 3.63) is 0 Å². The third-order valence-electron chi connectivity index (χ3n) is 4.84. The summed E-state index contributed by atoms with van der Waals surface area (Å²) in [6.07, 6.45) is 8.55. The Balaban J connectivity index is 1.71. The maximum atomic E-state index is 5.49. The van der Waals surface area contributed by atoms with E-state index in [4.69, 9.17) is 4.74 Å². The predicted molar refractivity (Wildman–Crippen MR) is 85.1 cm³/mol. The third-order valence-corrected chi connectivity index (χ3v) is 4.84. The molecule has 0 aromatic carbocycles. The first kappa shape index (κ1) is 16.3. The number of hydrogen-bond donors (Lipinski definition) is 1. The number of nitrogens with one attached hydrogen (secondary N) is 1. The van der Waals surface area contributed by atoms with Crippen LogP contribution in [0.5, 0.6) is 0 Å². The fraction of sp³-hybridized carbons (Fsp3) is 1.00. The minimum Gasteiger partial charge on any atom is -0.379 e. The van der Waals surface area contributed by atoms with Gasteiger partial charge in [-0.2, -0.15) is 0 Å². The van der Waals surface area contributed by atoms with E-state index in [1.54, 1.807) is 0 Å². The molecule has 1 heterocycles. The minimum absolute atomic E-state index is 0.697. The Morgan fingerprint density at radius 3 is 2.45 bits per heavy atom. The molecule has 2 fully saturated rings. The van der Waals surface area contributed by atoms with Gasteiger partial charge in [0.2, 0.25) is 0 Å². The zero-order chi connectivity index (χ0) is 14.2. The Morgan fingerprint density at radius 2 is 1.80 bits per heavy atom. The van der Waals surface area contributed by atoms with Crippen LogP contribution in [0.3, 0.4) is 0 Å². The second-order valence-electron chi connectivity index (χ2n) is 7.09. The Hall–Kier alpha value is -0.120. The first-order valence-electron chi connectivity index (χ1n) is 8.78. The summed E-state index contributed by atoms with van der Waals surface area (Å²) in [7, 11) is 0. The van der Waals surface area contributed by atoms with E-state index in [-0.39, 0.29) is 0 Å². The van der Waals surface area contributed by atoms with E-state index in [0.29, 0.717) is 6.04 Å². The van der Waals surface area contributed by atoms with Crippen LogP contribution in [-0.2, 0) is 4.74 Å². The van der Waals surface area contributed by atoms with Gasteiger partial charge in [0.25, 0.3) is 0 Å². The van der Waals surface area contributed by atoms with Crippen molar-refractivity contribution in [2.75, 3.05) is 39.4 Å². The standard InChI is InChI=1S/C17H34N2O/c1-15(2)12-17(19-8-10-20-11-9-19)14-18-13-16-6-4-3-5-7-16/h15-18H,3-14H2,1-2H3. The highest BCUT2D eigenvalue weighted by Crippen LogP contribution is 2.23. The summed E-state index contributed by atoms with van der Waals surface area (Å²) >= 11 is 0. The van der Waals surface area contributed by atoms with Crippen LogP contribution in [0.2, 0.25) is 0 Å². The van der Waals surface area contributed by atoms with Gasteiger partial charge in [-0.25, -0.2) is 0 Å². The average Bonchev–Trinajstić information content (AvgIpc) is 2.48. The molecule has 0 spiro atoms. The van der Waals surface area contributed by atoms with Crippen molar-refractivity contribution < 1.29 is 4.74 Å². The van der Waals surface area contributed by atoms with Gasteiger partial charge < -0.3 is 10.1 Å². The van der Waals surface area contributed by atoms with Gasteiger partial charge in [0.05, 0.1) is 13.2 Å². The molecule has 0 bridgehead atoms. The fourth-order valence-electron chi connectivity index (χ4n) is 3.69. The Morgan fingerprint density at radius 1 is 1.10 bits per heavy atom. The van der Waals surface area contributed by atoms with Crippen LogP contribution in [0.4, 0.5) is 0 Å². The van der Waals surface area contributed by atoms with Crippen LogP contribution in [0, 0.1) is 11.8 Å². The average molecular weight is 282 g/mol. The molecule has 1 saturated heterocycles. The second-order valence-corrected chi connectivity index (χ2v) is 7.09. The lowest BCUT2D eigenvalue weighted by atomic mass is 9.89. The van der Waals surface area contributed by atoms with Crippen LogP contribution in [-0.4, -0.2) is 50.3 Å². The normalized spacial score (nSPS) is 24.1. The highest BCUT2D eigenvalue weighted by atomic mass is 16.5. The van der Waals surface area contributed by atoms with Gasteiger partial charge >= 0.3 is 0 Å². The lowest BCUT2D eigenvalue weighted by Gasteiger charge is -2.36. The highest BCUT2D eigenvalue weighted by Gasteiger charge is 2.22. The van der Waals surface area contributed by atoms with E-state index in [0.717, 1.165) is 44.7 Å². The Kier molecular flexibility index (Phi) is 7.32. The van der Waals surface area contributed by atoms with E-state index in [9.17, 15) is 0 Å². The summed E-state index contributed by atoms with van der Waals surface area (Å²) in [6, 6.07) is 0.697. The van der Waals surface area contributed by atoms with E-state index < -0.39 is 0 Å². The second kappa shape index (κ2) is 9.01. The molecule has 1 saturated carbocycles. The molecule has 0 radical (unpaired) electrons. The summed E-state index contributed by atoms with van der Waals surface area (Å²) in [5.41, 5.74) is 0. The largest absolute Gasteiger partial charge is 0.379 e. The summed E-state index contributed by atoms with van der Waals surface area (Å²) in [5.74, 6) is 1.72. The predicted octanol–water partition coefficient (Wildman–Crippen LogP) is 2.90. The van der Waals surface area contributed by atoms with Gasteiger partial charge in [-0.15, -0.1) is 0 Å². The van der Waals surface area contributed by atoms with Crippen molar-refractivity contribution in [3.8, 4) is 0 Å². The number of rotatable bonds is 7. The molecule has 1 aliphatic heterocycles. The van der Waals surface area contributed by atoms with E-state index in [2.05, 4.69) is 24.1 Å². The van der Waals surface area contributed by atoms with Crippen LogP contribution in [0.25, 0.3) is 0 Å². The molecule has 2 aliphatic rings. The summed E-state index contributed by atoms with van der Waals surface area (Å²) < 4.78 is 5.49. The number of morpholine rings is 1. The molecule has 1 aliphatic carbocycles. The van der Waals surface area contributed by atoms with Gasteiger partial charge in [0.1, 0.15) is 0 Å². The summed E-state index contributed by atoms with van der Waals surface area (Å²) in [4.78, 5) is 2.64. The van der Waals surface area contributed by atoms with Crippen LogP contribution in [0.1, 0.15) is 52.4 Å². The molecule has 3 heteroatoms. The molecule has 20 heavy (non-hydrogen) atoms. The van der Waals surface area contributed by atoms with Crippen molar-refractivity contribution in [1.82, 2.24) is 10.2 Å². The van der Waals surface area contributed by atoms with Gasteiger partial charge in [-0.1, -0.05) is 33.1 Å². The zero-order valence-corrected chi connectivity index (χ0v) is 13.6. The topological polar surface area (TPSA) is 24.5 Å². The molecule has 118 valence electrons. The van der Waals surface area contributed by atoms with Crippen LogP contribution >= 0.6 is 0 Å². The van der Waals surface area contributed by atoms with Gasteiger partial charge in [0, 0.05) is 25.7 Å². The lowest BCUT2D eigenvalue weighted by Crippen LogP contribution is -2.49. The van der Waals surface area contributed by atoms with E-state index in [1.165, 1.54) is 45.1 Å². The van der Waals surface area contributed by atoms with Crippen LogP contribution < -0.4 is 5.32 Å². The number of nitrogens with zero attached hydrogens (tertiary/aromatic N) is 1. The van der Waals surface area contributed by atoms with Gasteiger partial charge in [-0.05, 0) is 37.6 Å². The van der Waals surface area contributed by atoms with Crippen molar-refractivity contribution >= 4 is 0 Å². The number of ether oxygens (including phenoxy) is 1. The first-order valence-corrected chi connectivity index (χ1v) is 8.78. The van der Waals surface area contributed by atoms with Crippen molar-refractivity contribution in [2.45, 2.75) is 58.4 Å². The molecular weight excluding hydrogens is 248 g/mol. The minimum atomic E-state index is 0.697. The van der Waals surface area contributed by atoms with Gasteiger partial charge in [0.15, 0.2) is 0 Å². The first-order chi connectivity index (χ1) is 9.75. The Bertz CT molecular complexity index is 245. The monoisotopic (exact) mass is 282 g/mol. The third kappa shape index (κ3) is 5.71. The summed E-state index contributed by atoms with van der Waals surface area (Å²) in [5, 5.41) is 3.78. The molecule has 2 rings (SSSR count). The zero-order valence-electron chi connectivity index (χ0n) is 13.6. The smallest absolute Gasteiger partial charge is 0.0594 e. The molecule has 1 unspecified atom stereocenters. The Labute approximate surface area is 125 Å². The fourth-order valence-corrected chi connectivity index (χ4v) is 3.69. The lowest BCUT2D eigenvalue weighted by molar-refractivity contribution is 0.0121. The van der Waals surface area contributed by atoms with Crippen molar-refractivity contribution in [2.24, 2.45) is 11.8 Å². The molecule has 0 aromatic rings. The SMILES string of the molecule is CC(C)CC(CNCC1CCCCC1)N1CCOCC1. The van der Waals surface area contributed by atoms with Crippen LogP contribution in [0.15, 0.2) is 0 Å². The maximum absolute atomic E-state index is 5.49. The molecule has 1 atom stereocenters.